The minimum absolute atomic E-state index is 0.170. The van der Waals surface area contributed by atoms with Gasteiger partial charge in [-0.3, -0.25) is 4.79 Å². The van der Waals surface area contributed by atoms with Crippen molar-refractivity contribution in [2.45, 2.75) is 36.5 Å². The van der Waals surface area contributed by atoms with Crippen LogP contribution < -0.4 is 5.32 Å². The van der Waals surface area contributed by atoms with Gasteiger partial charge >= 0.3 is 0 Å². The molecule has 31 heavy (non-hydrogen) atoms. The average molecular weight is 446 g/mol. The van der Waals surface area contributed by atoms with Crippen LogP contribution in [0.1, 0.15) is 31.7 Å². The third kappa shape index (κ3) is 4.24. The Bertz CT molecular complexity index is 1060. The summed E-state index contributed by atoms with van der Waals surface area (Å²) in [6.07, 6.45) is 2.17. The van der Waals surface area contributed by atoms with E-state index < -0.39 is 15.4 Å². The van der Waals surface area contributed by atoms with E-state index in [4.69, 9.17) is 0 Å². The van der Waals surface area contributed by atoms with Gasteiger partial charge < -0.3 is 10.2 Å². The van der Waals surface area contributed by atoms with Crippen molar-refractivity contribution in [3.8, 4) is 0 Å². The number of rotatable bonds is 6. The Morgan fingerprint density at radius 2 is 1.77 bits per heavy atom. The molecular weight excluding hydrogens is 417 g/mol. The third-order valence-corrected chi connectivity index (χ3v) is 8.42. The quantitative estimate of drug-likeness (QED) is 0.741. The lowest BCUT2D eigenvalue weighted by Crippen LogP contribution is -2.48. The number of carbonyl (C=O) groups is 1. The zero-order valence-electron chi connectivity index (χ0n) is 17.7. The average Bonchev–Trinajstić information content (AvgIpc) is 2.73. The van der Waals surface area contributed by atoms with Gasteiger partial charge in [0.05, 0.1) is 10.3 Å². The highest BCUT2D eigenvalue weighted by molar-refractivity contribution is 7.89. The van der Waals surface area contributed by atoms with E-state index in [9.17, 15) is 17.6 Å². The number of carbonyl (C=O) groups excluding carboxylic acids is 1. The largest absolute Gasteiger partial charge is 0.325 e. The molecule has 0 atom stereocenters. The van der Waals surface area contributed by atoms with Gasteiger partial charge in [0.25, 0.3) is 0 Å². The monoisotopic (exact) mass is 445 g/mol. The molecule has 0 aromatic heterocycles. The molecule has 1 heterocycles. The van der Waals surface area contributed by atoms with E-state index in [0.717, 1.165) is 13.0 Å². The summed E-state index contributed by atoms with van der Waals surface area (Å²) in [4.78, 5) is 15.5. The summed E-state index contributed by atoms with van der Waals surface area (Å²) < 4.78 is 41.4. The molecule has 166 valence electrons. The number of likely N-dealkylation sites (N-methyl/N-ethyl adjacent to an activating group) is 1. The summed E-state index contributed by atoms with van der Waals surface area (Å²) >= 11 is 0. The SMILES string of the molecule is CCN1CCN(S(=O)(=O)c2cccc(NC(=O)C3(c4cccc(F)c4)CCC3)c2)CC1. The van der Waals surface area contributed by atoms with E-state index in [1.807, 2.05) is 0 Å². The highest BCUT2D eigenvalue weighted by Crippen LogP contribution is 2.44. The van der Waals surface area contributed by atoms with Crippen molar-refractivity contribution in [3.63, 3.8) is 0 Å². The molecule has 2 aromatic rings. The van der Waals surface area contributed by atoms with Crippen molar-refractivity contribution in [2.24, 2.45) is 0 Å². The van der Waals surface area contributed by atoms with Crippen LogP contribution in [0.2, 0.25) is 0 Å². The van der Waals surface area contributed by atoms with Gasteiger partial charge in [-0.15, -0.1) is 0 Å². The van der Waals surface area contributed by atoms with Crippen LogP contribution in [0.15, 0.2) is 53.4 Å². The number of hydrogen-bond acceptors (Lipinski definition) is 4. The van der Waals surface area contributed by atoms with E-state index in [2.05, 4.69) is 17.1 Å². The van der Waals surface area contributed by atoms with Crippen LogP contribution in [0.5, 0.6) is 0 Å². The number of nitrogens with one attached hydrogen (secondary N) is 1. The second kappa shape index (κ2) is 8.68. The maximum absolute atomic E-state index is 13.8. The number of piperazine rings is 1. The molecule has 1 N–H and O–H groups in total. The fourth-order valence-corrected chi connectivity index (χ4v) is 5.85. The fourth-order valence-electron chi connectivity index (χ4n) is 4.38. The standard InChI is InChI=1S/C23H28FN3O3S/c1-2-26-12-14-27(15-13-26)31(29,30)21-9-4-8-20(17-21)25-22(28)23(10-5-11-23)18-6-3-7-19(24)16-18/h3-4,6-9,16-17H,2,5,10-15H2,1H3,(H,25,28). The number of halogens is 1. The lowest BCUT2D eigenvalue weighted by Gasteiger charge is -2.40. The summed E-state index contributed by atoms with van der Waals surface area (Å²) in [6.45, 7) is 5.30. The molecule has 1 aliphatic carbocycles. The molecule has 2 aliphatic rings. The molecule has 8 heteroatoms. The van der Waals surface area contributed by atoms with Crippen molar-refractivity contribution in [2.75, 3.05) is 38.0 Å². The van der Waals surface area contributed by atoms with Gasteiger partial charge in [-0.2, -0.15) is 4.31 Å². The minimum atomic E-state index is -3.63. The predicted octanol–water partition coefficient (Wildman–Crippen LogP) is 3.21. The van der Waals surface area contributed by atoms with Gasteiger partial charge in [0.15, 0.2) is 0 Å². The Hall–Kier alpha value is -2.29. The first-order valence-corrected chi connectivity index (χ1v) is 12.2. The molecule has 2 aromatic carbocycles. The molecule has 0 unspecified atom stereocenters. The first kappa shape index (κ1) is 21.9. The highest BCUT2D eigenvalue weighted by atomic mass is 32.2. The van der Waals surface area contributed by atoms with Gasteiger partial charge in [0.1, 0.15) is 5.82 Å². The Balaban J connectivity index is 1.53. The van der Waals surface area contributed by atoms with Gasteiger partial charge in [0, 0.05) is 31.9 Å². The first-order valence-electron chi connectivity index (χ1n) is 10.8. The van der Waals surface area contributed by atoms with Crippen LogP contribution >= 0.6 is 0 Å². The number of hydrogen-bond donors (Lipinski definition) is 1. The van der Waals surface area contributed by atoms with E-state index in [-0.39, 0.29) is 16.6 Å². The van der Waals surface area contributed by atoms with E-state index in [0.29, 0.717) is 50.3 Å². The summed E-state index contributed by atoms with van der Waals surface area (Å²) in [6, 6.07) is 12.6. The third-order valence-electron chi connectivity index (χ3n) is 6.53. The Labute approximate surface area is 183 Å². The maximum atomic E-state index is 13.8. The van der Waals surface area contributed by atoms with Crippen molar-refractivity contribution in [1.29, 1.82) is 0 Å². The van der Waals surface area contributed by atoms with E-state index in [1.54, 1.807) is 30.3 Å². The lowest BCUT2D eigenvalue weighted by molar-refractivity contribution is -0.124. The first-order chi connectivity index (χ1) is 14.8. The second-order valence-electron chi connectivity index (χ2n) is 8.27. The molecule has 0 bridgehead atoms. The zero-order chi connectivity index (χ0) is 22.1. The van der Waals surface area contributed by atoms with Crippen molar-refractivity contribution < 1.29 is 17.6 Å². The Morgan fingerprint density at radius 3 is 2.39 bits per heavy atom. The number of sulfonamides is 1. The molecular formula is C23H28FN3O3S. The maximum Gasteiger partial charge on any atom is 0.243 e. The Kier molecular flexibility index (Phi) is 6.14. The predicted molar refractivity (Wildman–Crippen MR) is 118 cm³/mol. The molecule has 0 spiro atoms. The zero-order valence-corrected chi connectivity index (χ0v) is 18.5. The molecule has 0 radical (unpaired) electrons. The topological polar surface area (TPSA) is 69.7 Å². The second-order valence-corrected chi connectivity index (χ2v) is 10.2. The van der Waals surface area contributed by atoms with Crippen LogP contribution in [0, 0.1) is 5.82 Å². The molecule has 1 amide bonds. The van der Waals surface area contributed by atoms with Crippen LogP contribution in [-0.4, -0.2) is 56.3 Å². The lowest BCUT2D eigenvalue weighted by atomic mass is 9.63. The fraction of sp³-hybridized carbons (Fsp3) is 0.435. The number of benzene rings is 2. The Morgan fingerprint density at radius 1 is 1.06 bits per heavy atom. The van der Waals surface area contributed by atoms with Crippen molar-refractivity contribution in [1.82, 2.24) is 9.21 Å². The molecule has 2 fully saturated rings. The highest BCUT2D eigenvalue weighted by Gasteiger charge is 2.45. The van der Waals surface area contributed by atoms with Gasteiger partial charge in [-0.05, 0) is 55.3 Å². The molecule has 1 aliphatic heterocycles. The van der Waals surface area contributed by atoms with Crippen LogP contribution in [0.3, 0.4) is 0 Å². The molecule has 1 saturated heterocycles. The summed E-state index contributed by atoms with van der Waals surface area (Å²) in [5.74, 6) is -0.594. The molecule has 4 rings (SSSR count). The van der Waals surface area contributed by atoms with Crippen LogP contribution in [-0.2, 0) is 20.2 Å². The van der Waals surface area contributed by atoms with Crippen molar-refractivity contribution in [3.05, 3.63) is 59.9 Å². The van der Waals surface area contributed by atoms with E-state index >= 15 is 0 Å². The molecule has 6 nitrogen and oxygen atoms in total. The summed E-state index contributed by atoms with van der Waals surface area (Å²) in [5, 5.41) is 2.88. The summed E-state index contributed by atoms with van der Waals surface area (Å²) in [7, 11) is -3.63. The van der Waals surface area contributed by atoms with Crippen molar-refractivity contribution >= 4 is 21.6 Å². The molecule has 1 saturated carbocycles. The van der Waals surface area contributed by atoms with Gasteiger partial charge in [0.2, 0.25) is 15.9 Å². The van der Waals surface area contributed by atoms with Crippen LogP contribution in [0.25, 0.3) is 0 Å². The van der Waals surface area contributed by atoms with Gasteiger partial charge in [-0.25, -0.2) is 12.8 Å². The van der Waals surface area contributed by atoms with Crippen LogP contribution in [0.4, 0.5) is 10.1 Å². The number of nitrogens with zero attached hydrogens (tertiary/aromatic N) is 2. The van der Waals surface area contributed by atoms with Gasteiger partial charge in [-0.1, -0.05) is 31.5 Å². The number of anilines is 1. The normalized spacial score (nSPS) is 19.5. The smallest absolute Gasteiger partial charge is 0.243 e. The summed E-state index contributed by atoms with van der Waals surface area (Å²) in [5.41, 5.74) is 0.322. The van der Waals surface area contributed by atoms with E-state index in [1.165, 1.54) is 22.5 Å². The minimum Gasteiger partial charge on any atom is -0.325 e. The number of amides is 1.